The summed E-state index contributed by atoms with van der Waals surface area (Å²) in [5, 5.41) is 8.85. The van der Waals surface area contributed by atoms with Gasteiger partial charge in [0, 0.05) is 17.6 Å². The summed E-state index contributed by atoms with van der Waals surface area (Å²) in [6, 6.07) is 16.8. The molecular weight excluding hydrogens is 380 g/mol. The van der Waals surface area contributed by atoms with Gasteiger partial charge in [0.25, 0.3) is 0 Å². The number of hydrogen-bond donors (Lipinski definition) is 0. The second-order valence-electron chi connectivity index (χ2n) is 5.43. The average Bonchev–Trinajstić information content (AvgIpc) is 2.62. The molecule has 1 amide bonds. The van der Waals surface area contributed by atoms with Gasteiger partial charge in [-0.3, -0.25) is 4.79 Å². The van der Waals surface area contributed by atoms with Crippen molar-refractivity contribution in [1.29, 1.82) is 5.26 Å². The molecular formula is C20H19BrN2O2. The van der Waals surface area contributed by atoms with Gasteiger partial charge in [0.15, 0.2) is 0 Å². The minimum absolute atomic E-state index is 0.000688. The minimum atomic E-state index is -0.000688. The van der Waals surface area contributed by atoms with Gasteiger partial charge in [-0.25, -0.2) is 0 Å². The highest BCUT2D eigenvalue weighted by Gasteiger charge is 2.13. The normalized spacial score (nSPS) is 9.92. The highest BCUT2D eigenvalue weighted by molar-refractivity contribution is 9.10. The molecule has 0 unspecified atom stereocenters. The molecule has 0 aromatic heterocycles. The Kier molecular flexibility index (Phi) is 7.24. The number of ether oxygens (including phenoxy) is 1. The Morgan fingerprint density at radius 3 is 2.68 bits per heavy atom. The van der Waals surface area contributed by atoms with Crippen LogP contribution in [-0.4, -0.2) is 24.0 Å². The fourth-order valence-corrected chi connectivity index (χ4v) is 2.66. The molecule has 128 valence electrons. The number of carbonyl (C=O) groups excluding carboxylic acids is 1. The van der Waals surface area contributed by atoms with Crippen molar-refractivity contribution in [2.24, 2.45) is 0 Å². The molecule has 25 heavy (non-hydrogen) atoms. The van der Waals surface area contributed by atoms with Crippen molar-refractivity contribution in [2.75, 3.05) is 13.2 Å². The third-order valence-electron chi connectivity index (χ3n) is 3.54. The van der Waals surface area contributed by atoms with Crippen LogP contribution in [0, 0.1) is 11.3 Å². The van der Waals surface area contributed by atoms with Crippen LogP contribution in [0.1, 0.15) is 17.5 Å². The second kappa shape index (κ2) is 9.65. The van der Waals surface area contributed by atoms with E-state index < -0.39 is 0 Å². The van der Waals surface area contributed by atoms with Crippen LogP contribution < -0.4 is 4.74 Å². The maximum Gasteiger partial charge on any atom is 0.226 e. The molecule has 0 fully saturated rings. The Morgan fingerprint density at radius 2 is 2.04 bits per heavy atom. The van der Waals surface area contributed by atoms with Crippen molar-refractivity contribution in [3.05, 3.63) is 76.8 Å². The SMILES string of the molecule is C=CCN(Cc1ccc(C#N)cc1)C(=O)CCOc1cccc(Br)c1. The van der Waals surface area contributed by atoms with Crippen molar-refractivity contribution in [3.8, 4) is 11.8 Å². The summed E-state index contributed by atoms with van der Waals surface area (Å²) in [5.74, 6) is 0.726. The molecule has 0 bridgehead atoms. The fraction of sp³-hybridized carbons (Fsp3) is 0.200. The smallest absolute Gasteiger partial charge is 0.226 e. The van der Waals surface area contributed by atoms with E-state index in [0.29, 0.717) is 25.3 Å². The predicted molar refractivity (Wildman–Crippen MR) is 101 cm³/mol. The molecule has 0 spiro atoms. The molecule has 0 N–H and O–H groups in total. The number of halogens is 1. The first-order chi connectivity index (χ1) is 12.1. The zero-order valence-corrected chi connectivity index (χ0v) is 15.4. The second-order valence-corrected chi connectivity index (χ2v) is 6.34. The number of nitriles is 1. The van der Waals surface area contributed by atoms with E-state index in [2.05, 4.69) is 28.6 Å². The molecule has 0 aliphatic carbocycles. The van der Waals surface area contributed by atoms with Crippen LogP contribution in [0.2, 0.25) is 0 Å². The lowest BCUT2D eigenvalue weighted by Gasteiger charge is -2.21. The lowest BCUT2D eigenvalue weighted by atomic mass is 10.1. The summed E-state index contributed by atoms with van der Waals surface area (Å²) in [5.41, 5.74) is 1.58. The van der Waals surface area contributed by atoms with Crippen molar-refractivity contribution in [2.45, 2.75) is 13.0 Å². The van der Waals surface area contributed by atoms with E-state index in [1.165, 1.54) is 0 Å². The van der Waals surface area contributed by atoms with Gasteiger partial charge in [-0.1, -0.05) is 40.2 Å². The zero-order valence-electron chi connectivity index (χ0n) is 13.8. The van der Waals surface area contributed by atoms with Gasteiger partial charge in [0.2, 0.25) is 5.91 Å². The lowest BCUT2D eigenvalue weighted by molar-refractivity contribution is -0.131. The molecule has 2 aromatic carbocycles. The molecule has 0 saturated carbocycles. The molecule has 0 heterocycles. The molecule has 0 radical (unpaired) electrons. The van der Waals surface area contributed by atoms with Crippen molar-refractivity contribution < 1.29 is 9.53 Å². The van der Waals surface area contributed by atoms with Crippen molar-refractivity contribution in [1.82, 2.24) is 4.90 Å². The number of carbonyl (C=O) groups is 1. The fourth-order valence-electron chi connectivity index (χ4n) is 2.29. The number of hydrogen-bond acceptors (Lipinski definition) is 3. The maximum atomic E-state index is 12.5. The summed E-state index contributed by atoms with van der Waals surface area (Å²) in [7, 11) is 0. The van der Waals surface area contributed by atoms with Gasteiger partial charge in [0.1, 0.15) is 5.75 Å². The third kappa shape index (κ3) is 6.09. The Morgan fingerprint density at radius 1 is 1.28 bits per heavy atom. The van der Waals surface area contributed by atoms with Crippen LogP contribution in [0.3, 0.4) is 0 Å². The van der Waals surface area contributed by atoms with Crippen molar-refractivity contribution in [3.63, 3.8) is 0 Å². The number of nitrogens with zero attached hydrogens (tertiary/aromatic N) is 2. The lowest BCUT2D eigenvalue weighted by Crippen LogP contribution is -2.31. The number of benzene rings is 2. The third-order valence-corrected chi connectivity index (χ3v) is 4.03. The molecule has 5 heteroatoms. The largest absolute Gasteiger partial charge is 0.493 e. The van der Waals surface area contributed by atoms with Gasteiger partial charge in [-0.2, -0.15) is 5.26 Å². The van der Waals surface area contributed by atoms with Crippen LogP contribution in [0.5, 0.6) is 5.75 Å². The summed E-state index contributed by atoms with van der Waals surface area (Å²) in [6.07, 6.45) is 1.99. The molecule has 4 nitrogen and oxygen atoms in total. The van der Waals surface area contributed by atoms with E-state index in [1.807, 2.05) is 36.4 Å². The number of rotatable bonds is 8. The Bertz CT molecular complexity index is 766. The van der Waals surface area contributed by atoms with Gasteiger partial charge >= 0.3 is 0 Å². The molecule has 2 aromatic rings. The quantitative estimate of drug-likeness (QED) is 0.622. The summed E-state index contributed by atoms with van der Waals surface area (Å²) < 4.78 is 6.56. The average molecular weight is 399 g/mol. The Labute approximate surface area is 156 Å². The van der Waals surface area contributed by atoms with E-state index in [9.17, 15) is 4.79 Å². The van der Waals surface area contributed by atoms with Crippen LogP contribution in [-0.2, 0) is 11.3 Å². The molecule has 0 aliphatic heterocycles. The Hall–Kier alpha value is -2.58. The summed E-state index contributed by atoms with van der Waals surface area (Å²) >= 11 is 3.39. The first-order valence-electron chi connectivity index (χ1n) is 7.88. The zero-order chi connectivity index (χ0) is 18.1. The molecule has 0 atom stereocenters. The van der Waals surface area contributed by atoms with E-state index in [1.54, 1.807) is 23.1 Å². The van der Waals surface area contributed by atoms with Gasteiger partial charge in [0.05, 0.1) is 24.7 Å². The van der Waals surface area contributed by atoms with E-state index in [-0.39, 0.29) is 12.3 Å². The van der Waals surface area contributed by atoms with Crippen LogP contribution >= 0.6 is 15.9 Å². The summed E-state index contributed by atoms with van der Waals surface area (Å²) in [4.78, 5) is 14.2. The van der Waals surface area contributed by atoms with Crippen molar-refractivity contribution >= 4 is 21.8 Å². The van der Waals surface area contributed by atoms with E-state index >= 15 is 0 Å². The molecule has 0 saturated heterocycles. The monoisotopic (exact) mass is 398 g/mol. The van der Waals surface area contributed by atoms with E-state index in [0.717, 1.165) is 15.8 Å². The predicted octanol–water partition coefficient (Wildman–Crippen LogP) is 4.30. The van der Waals surface area contributed by atoms with E-state index in [4.69, 9.17) is 10.00 Å². The van der Waals surface area contributed by atoms with Crippen LogP contribution in [0.15, 0.2) is 65.7 Å². The first kappa shape index (κ1) is 18.8. The topological polar surface area (TPSA) is 53.3 Å². The van der Waals surface area contributed by atoms with Gasteiger partial charge in [-0.05, 0) is 35.9 Å². The van der Waals surface area contributed by atoms with Crippen LogP contribution in [0.4, 0.5) is 0 Å². The molecule has 0 aliphatic rings. The van der Waals surface area contributed by atoms with Gasteiger partial charge < -0.3 is 9.64 Å². The Balaban J connectivity index is 1.90. The highest BCUT2D eigenvalue weighted by Crippen LogP contribution is 2.18. The number of amides is 1. The maximum absolute atomic E-state index is 12.5. The van der Waals surface area contributed by atoms with Gasteiger partial charge in [-0.15, -0.1) is 6.58 Å². The minimum Gasteiger partial charge on any atom is -0.493 e. The standard InChI is InChI=1S/C20H19BrN2O2/c1-2-11-23(15-17-8-6-16(14-22)7-9-17)20(24)10-12-25-19-5-3-4-18(21)13-19/h2-9,13H,1,10-12,15H2. The first-order valence-corrected chi connectivity index (χ1v) is 8.67. The van der Waals surface area contributed by atoms with Crippen LogP contribution in [0.25, 0.3) is 0 Å². The molecule has 2 rings (SSSR count). The highest BCUT2D eigenvalue weighted by atomic mass is 79.9. The summed E-state index contributed by atoms with van der Waals surface area (Å²) in [6.45, 7) is 4.98.